The Bertz CT molecular complexity index is 482. The van der Waals surface area contributed by atoms with Crippen LogP contribution in [0.1, 0.15) is 167 Å². The molecule has 198 valence electrons. The van der Waals surface area contributed by atoms with Crippen LogP contribution in [0.2, 0.25) is 0 Å². The van der Waals surface area contributed by atoms with Crippen LogP contribution in [0.5, 0.6) is 0 Å². The summed E-state index contributed by atoms with van der Waals surface area (Å²) in [7, 11) is 0. The van der Waals surface area contributed by atoms with E-state index in [9.17, 15) is 0 Å². The largest absolute Gasteiger partial charge is 0.103 e. The van der Waals surface area contributed by atoms with Crippen molar-refractivity contribution in [1.29, 1.82) is 0 Å². The van der Waals surface area contributed by atoms with Crippen LogP contribution in [0.4, 0.5) is 0 Å². The topological polar surface area (TPSA) is 0 Å². The third-order valence-corrected chi connectivity index (χ3v) is 10.6. The van der Waals surface area contributed by atoms with Gasteiger partial charge in [-0.3, -0.25) is 0 Å². The molecule has 0 amide bonds. The van der Waals surface area contributed by atoms with E-state index in [4.69, 9.17) is 0 Å². The van der Waals surface area contributed by atoms with E-state index in [1.54, 1.807) is 64.2 Å². The first kappa shape index (κ1) is 28.3. The molecule has 0 N–H and O–H groups in total. The lowest BCUT2D eigenvalue weighted by Gasteiger charge is -2.38. The highest BCUT2D eigenvalue weighted by molar-refractivity contribution is 4.82. The van der Waals surface area contributed by atoms with Crippen molar-refractivity contribution in [1.82, 2.24) is 0 Å². The molecule has 3 saturated carbocycles. The van der Waals surface area contributed by atoms with Crippen LogP contribution in [0.25, 0.3) is 0 Å². The Morgan fingerprint density at radius 3 is 1.26 bits per heavy atom. The molecular formula is C34H62. The highest BCUT2D eigenvalue weighted by Crippen LogP contribution is 2.43. The van der Waals surface area contributed by atoms with Crippen molar-refractivity contribution in [3.05, 3.63) is 12.7 Å². The first-order chi connectivity index (χ1) is 16.8. The van der Waals surface area contributed by atoms with Gasteiger partial charge in [-0.05, 0) is 74.0 Å². The standard InChI is InChI=1S/C34H62/c1-3-5-7-8-9-10-14-31-21-25-33(26-22-31)34-27-23-32(24-28-34)16-12-11-15-30-19-17-29(18-20-30)13-6-4-2/h4,29-34H,2-3,5-28H2,1H3/t29-,30-,31-,32?,33-,34?. The van der Waals surface area contributed by atoms with Crippen LogP contribution in [-0.2, 0) is 0 Å². The summed E-state index contributed by atoms with van der Waals surface area (Å²) in [5.41, 5.74) is 0. The quantitative estimate of drug-likeness (QED) is 0.155. The lowest BCUT2D eigenvalue weighted by molar-refractivity contribution is 0.139. The van der Waals surface area contributed by atoms with Gasteiger partial charge in [-0.15, -0.1) is 6.58 Å². The van der Waals surface area contributed by atoms with Crippen LogP contribution in [0.3, 0.4) is 0 Å². The number of hydrogen-bond acceptors (Lipinski definition) is 0. The SMILES string of the molecule is C=CCC[C@H]1CC[C@H](CCCCC2CCC([C@H]3CC[C@H](CCCCCCCC)CC3)CC2)CC1. The van der Waals surface area contributed by atoms with Crippen LogP contribution in [0.15, 0.2) is 12.7 Å². The van der Waals surface area contributed by atoms with Crippen molar-refractivity contribution in [2.75, 3.05) is 0 Å². The maximum Gasteiger partial charge on any atom is -0.0351 e. The van der Waals surface area contributed by atoms with Crippen LogP contribution < -0.4 is 0 Å². The van der Waals surface area contributed by atoms with Gasteiger partial charge in [-0.2, -0.15) is 0 Å². The summed E-state index contributed by atoms with van der Waals surface area (Å²) < 4.78 is 0. The van der Waals surface area contributed by atoms with Crippen LogP contribution in [-0.4, -0.2) is 0 Å². The minimum atomic E-state index is 1.01. The molecule has 0 bridgehead atoms. The van der Waals surface area contributed by atoms with Gasteiger partial charge in [0.1, 0.15) is 0 Å². The molecule has 3 aliphatic rings. The molecule has 0 aliphatic heterocycles. The van der Waals surface area contributed by atoms with Gasteiger partial charge in [0.25, 0.3) is 0 Å². The van der Waals surface area contributed by atoms with E-state index in [2.05, 4.69) is 19.6 Å². The Morgan fingerprint density at radius 1 is 0.471 bits per heavy atom. The zero-order valence-electron chi connectivity index (χ0n) is 23.4. The van der Waals surface area contributed by atoms with Gasteiger partial charge in [-0.25, -0.2) is 0 Å². The summed E-state index contributed by atoms with van der Waals surface area (Å²) in [6, 6.07) is 0. The van der Waals surface area contributed by atoms with Gasteiger partial charge in [-0.1, -0.05) is 135 Å². The van der Waals surface area contributed by atoms with Crippen molar-refractivity contribution in [2.24, 2.45) is 35.5 Å². The molecule has 3 aliphatic carbocycles. The van der Waals surface area contributed by atoms with Gasteiger partial charge in [0, 0.05) is 0 Å². The Kier molecular flexibility index (Phi) is 14.4. The molecule has 0 atom stereocenters. The van der Waals surface area contributed by atoms with Crippen molar-refractivity contribution >= 4 is 0 Å². The van der Waals surface area contributed by atoms with Gasteiger partial charge < -0.3 is 0 Å². The molecule has 3 fully saturated rings. The van der Waals surface area contributed by atoms with Crippen LogP contribution in [0, 0.1) is 35.5 Å². The smallest absolute Gasteiger partial charge is 0.0351 e. The summed E-state index contributed by atoms with van der Waals surface area (Å²) in [5, 5.41) is 0. The Balaban J connectivity index is 1.16. The lowest BCUT2D eigenvalue weighted by atomic mass is 9.68. The van der Waals surface area contributed by atoms with E-state index in [-0.39, 0.29) is 0 Å². The van der Waals surface area contributed by atoms with E-state index in [0.29, 0.717) is 0 Å². The normalized spacial score (nSPS) is 32.5. The van der Waals surface area contributed by atoms with Gasteiger partial charge in [0.2, 0.25) is 0 Å². The highest BCUT2D eigenvalue weighted by Gasteiger charge is 2.30. The van der Waals surface area contributed by atoms with Gasteiger partial charge >= 0.3 is 0 Å². The molecule has 0 aromatic heterocycles. The molecule has 0 aromatic carbocycles. The summed E-state index contributed by atoms with van der Waals surface area (Å²) in [5.74, 6) is 6.44. The predicted octanol–water partition coefficient (Wildman–Crippen LogP) is 11.7. The van der Waals surface area contributed by atoms with Crippen molar-refractivity contribution in [3.63, 3.8) is 0 Å². The minimum Gasteiger partial charge on any atom is -0.103 e. The molecule has 34 heavy (non-hydrogen) atoms. The Morgan fingerprint density at radius 2 is 0.824 bits per heavy atom. The first-order valence-corrected chi connectivity index (χ1v) is 16.4. The predicted molar refractivity (Wildman–Crippen MR) is 152 cm³/mol. The molecule has 0 unspecified atom stereocenters. The molecule has 0 aromatic rings. The lowest BCUT2D eigenvalue weighted by Crippen LogP contribution is -2.26. The van der Waals surface area contributed by atoms with E-state index < -0.39 is 0 Å². The maximum atomic E-state index is 3.90. The number of unbranched alkanes of at least 4 members (excludes halogenated alkanes) is 6. The average Bonchev–Trinajstić information content (AvgIpc) is 2.89. The molecule has 0 heterocycles. The summed E-state index contributed by atoms with van der Waals surface area (Å²) in [6.07, 6.45) is 39.8. The monoisotopic (exact) mass is 470 g/mol. The zero-order valence-corrected chi connectivity index (χ0v) is 23.4. The molecule has 0 saturated heterocycles. The van der Waals surface area contributed by atoms with Gasteiger partial charge in [0.15, 0.2) is 0 Å². The Labute approximate surface area is 215 Å². The second-order valence-electron chi connectivity index (χ2n) is 13.2. The second-order valence-corrected chi connectivity index (χ2v) is 13.2. The minimum absolute atomic E-state index is 1.01. The average molecular weight is 471 g/mol. The Hall–Kier alpha value is -0.260. The number of allylic oxidation sites excluding steroid dienone is 1. The fourth-order valence-corrected chi connectivity index (χ4v) is 8.14. The van der Waals surface area contributed by atoms with E-state index in [0.717, 1.165) is 35.5 Å². The summed E-state index contributed by atoms with van der Waals surface area (Å²) in [4.78, 5) is 0. The molecule has 0 heteroatoms. The maximum absolute atomic E-state index is 3.90. The van der Waals surface area contributed by atoms with E-state index in [1.807, 2.05) is 0 Å². The third kappa shape index (κ3) is 10.8. The second kappa shape index (κ2) is 17.2. The number of hydrogen-bond donors (Lipinski definition) is 0. The fourth-order valence-electron chi connectivity index (χ4n) is 8.14. The summed E-state index contributed by atoms with van der Waals surface area (Å²) in [6.45, 7) is 6.22. The van der Waals surface area contributed by atoms with E-state index in [1.165, 1.54) is 96.3 Å². The van der Waals surface area contributed by atoms with Crippen molar-refractivity contribution in [3.8, 4) is 0 Å². The third-order valence-electron chi connectivity index (χ3n) is 10.6. The fraction of sp³-hybridized carbons (Fsp3) is 0.941. The highest BCUT2D eigenvalue weighted by atomic mass is 14.4. The van der Waals surface area contributed by atoms with Crippen molar-refractivity contribution < 1.29 is 0 Å². The molecule has 0 nitrogen and oxygen atoms in total. The first-order valence-electron chi connectivity index (χ1n) is 16.4. The molecule has 3 rings (SSSR count). The molecule has 0 radical (unpaired) electrons. The zero-order chi connectivity index (χ0) is 23.8. The summed E-state index contributed by atoms with van der Waals surface area (Å²) >= 11 is 0. The number of rotatable bonds is 16. The van der Waals surface area contributed by atoms with E-state index >= 15 is 0 Å². The van der Waals surface area contributed by atoms with Crippen LogP contribution >= 0.6 is 0 Å². The van der Waals surface area contributed by atoms with Gasteiger partial charge in [0.05, 0.1) is 0 Å². The molecule has 0 spiro atoms. The molecular weight excluding hydrogens is 408 g/mol. The van der Waals surface area contributed by atoms with Crippen molar-refractivity contribution in [2.45, 2.75) is 167 Å².